The van der Waals surface area contributed by atoms with Gasteiger partial charge in [0.15, 0.2) is 0 Å². The van der Waals surface area contributed by atoms with Crippen LogP contribution in [0.4, 0.5) is 11.4 Å². The third kappa shape index (κ3) is 5.29. The molecule has 0 aliphatic carbocycles. The van der Waals surface area contributed by atoms with Crippen LogP contribution in [0.25, 0.3) is 10.8 Å². The number of nitro groups is 1. The van der Waals surface area contributed by atoms with Crippen LogP contribution in [0.2, 0.25) is 0 Å². The number of nitrogens with zero attached hydrogens (tertiary/aromatic N) is 3. The Morgan fingerprint density at radius 2 is 1.66 bits per heavy atom. The highest BCUT2D eigenvalue weighted by Gasteiger charge is 2.35. The molecule has 0 radical (unpaired) electrons. The number of carbonyl (C=O) groups is 2. The Hall–Kier alpha value is -4.97. The fraction of sp³-hybridized carbons (Fsp3) is 0.172. The third-order valence-electron chi connectivity index (χ3n) is 7.00. The van der Waals surface area contributed by atoms with Crippen molar-refractivity contribution in [2.75, 3.05) is 19.0 Å². The van der Waals surface area contributed by atoms with E-state index in [1.54, 1.807) is 24.3 Å². The molecule has 1 aliphatic heterocycles. The van der Waals surface area contributed by atoms with Gasteiger partial charge < -0.3 is 19.1 Å². The summed E-state index contributed by atoms with van der Waals surface area (Å²) in [4.78, 5) is 38.7. The molecule has 0 aromatic heterocycles. The Kier molecular flexibility index (Phi) is 7.09. The first-order valence-electron chi connectivity index (χ1n) is 12.5. The van der Waals surface area contributed by atoms with Crippen LogP contribution in [0.3, 0.4) is 0 Å². The fourth-order valence-electron chi connectivity index (χ4n) is 4.98. The van der Waals surface area contributed by atoms with E-state index in [0.717, 1.165) is 16.0 Å². The third-order valence-corrected chi connectivity index (χ3v) is 8.30. The lowest BCUT2D eigenvalue weighted by Crippen LogP contribution is -2.48. The molecule has 1 heterocycles. The molecular weight excluding hydrogens is 550 g/mol. The highest BCUT2D eigenvalue weighted by molar-refractivity contribution is 7.87. The summed E-state index contributed by atoms with van der Waals surface area (Å²) in [7, 11) is -0.535. The molecule has 0 spiro atoms. The number of nitro benzene ring substituents is 1. The maximum atomic E-state index is 13.4. The molecule has 12 heteroatoms. The molecule has 210 valence electrons. The maximum absolute atomic E-state index is 13.4. The van der Waals surface area contributed by atoms with E-state index in [9.17, 15) is 33.2 Å². The average molecular weight is 576 g/mol. The standard InChI is InChI=1S/C29H25N3O8S/c1-30(2)25-7-3-6-24-23(25)5-4-8-27(24)41(38,39)40-22-14-11-19-16-26(29(34)35)31(17-20(19)15-22)28(33)18-9-12-21(13-10-18)32(36)37/h3-15,26H,16-17H2,1-2H3,(H,34,35)/t26-/m0/s1. The van der Waals surface area contributed by atoms with Crippen LogP contribution in [-0.2, 0) is 27.9 Å². The quantitative estimate of drug-likeness (QED) is 0.194. The minimum atomic E-state index is -4.27. The molecule has 0 unspecified atom stereocenters. The minimum absolute atomic E-state index is 0.00247. The van der Waals surface area contributed by atoms with Gasteiger partial charge in [-0.3, -0.25) is 14.9 Å². The molecule has 4 aromatic rings. The van der Waals surface area contributed by atoms with Crippen molar-refractivity contribution < 1.29 is 32.2 Å². The van der Waals surface area contributed by atoms with Gasteiger partial charge in [0.2, 0.25) is 0 Å². The van der Waals surface area contributed by atoms with Crippen molar-refractivity contribution in [1.82, 2.24) is 4.90 Å². The Bertz CT molecular complexity index is 1800. The van der Waals surface area contributed by atoms with Crippen LogP contribution in [0.1, 0.15) is 21.5 Å². The van der Waals surface area contributed by atoms with Crippen molar-refractivity contribution in [2.24, 2.45) is 0 Å². The molecule has 1 N–H and O–H groups in total. The summed E-state index contributed by atoms with van der Waals surface area (Å²) >= 11 is 0. The van der Waals surface area contributed by atoms with Crippen molar-refractivity contribution in [3.05, 3.63) is 106 Å². The van der Waals surface area contributed by atoms with Crippen LogP contribution in [-0.4, -0.2) is 55.4 Å². The number of aliphatic carboxylic acids is 1. The van der Waals surface area contributed by atoms with Gasteiger partial charge in [-0.05, 0) is 47.5 Å². The molecule has 0 bridgehead atoms. The van der Waals surface area contributed by atoms with Gasteiger partial charge in [0.1, 0.15) is 16.7 Å². The number of fused-ring (bicyclic) bond motifs is 2. The lowest BCUT2D eigenvalue weighted by molar-refractivity contribution is -0.384. The zero-order valence-corrected chi connectivity index (χ0v) is 22.9. The Balaban J connectivity index is 1.46. The number of amides is 1. The first-order valence-corrected chi connectivity index (χ1v) is 13.9. The zero-order chi connectivity index (χ0) is 29.5. The van der Waals surface area contributed by atoms with E-state index in [1.807, 2.05) is 31.1 Å². The van der Waals surface area contributed by atoms with Gasteiger partial charge in [0.05, 0.1) is 4.92 Å². The topological polar surface area (TPSA) is 147 Å². The van der Waals surface area contributed by atoms with E-state index in [1.165, 1.54) is 42.5 Å². The number of carboxylic acids is 1. The van der Waals surface area contributed by atoms with Crippen molar-refractivity contribution in [1.29, 1.82) is 0 Å². The second kappa shape index (κ2) is 10.5. The molecule has 1 atom stereocenters. The van der Waals surface area contributed by atoms with E-state index < -0.39 is 33.0 Å². The van der Waals surface area contributed by atoms with Gasteiger partial charge in [-0.15, -0.1) is 0 Å². The first-order chi connectivity index (χ1) is 19.5. The van der Waals surface area contributed by atoms with Crippen molar-refractivity contribution in [3.8, 4) is 5.75 Å². The number of benzene rings is 4. The number of rotatable bonds is 7. The molecule has 0 saturated carbocycles. The van der Waals surface area contributed by atoms with Crippen LogP contribution in [0, 0.1) is 10.1 Å². The van der Waals surface area contributed by atoms with Gasteiger partial charge in [-0.25, -0.2) is 4.79 Å². The number of hydrogen-bond donors (Lipinski definition) is 1. The zero-order valence-electron chi connectivity index (χ0n) is 22.1. The summed E-state index contributed by atoms with van der Waals surface area (Å²) in [6, 6.07) is 18.6. The summed E-state index contributed by atoms with van der Waals surface area (Å²) in [5.74, 6) is -1.81. The largest absolute Gasteiger partial charge is 0.480 e. The van der Waals surface area contributed by atoms with Crippen LogP contribution >= 0.6 is 0 Å². The molecule has 1 aliphatic rings. The second-order valence-electron chi connectivity index (χ2n) is 9.79. The van der Waals surface area contributed by atoms with E-state index in [4.69, 9.17) is 4.18 Å². The summed E-state index contributed by atoms with van der Waals surface area (Å²) in [5.41, 5.74) is 1.90. The van der Waals surface area contributed by atoms with Crippen LogP contribution in [0.15, 0.2) is 83.8 Å². The van der Waals surface area contributed by atoms with Crippen LogP contribution in [0.5, 0.6) is 5.75 Å². The van der Waals surface area contributed by atoms with Crippen molar-refractivity contribution in [3.63, 3.8) is 0 Å². The summed E-state index contributed by atoms with van der Waals surface area (Å²) in [6.07, 6.45) is -0.00689. The molecule has 1 amide bonds. The SMILES string of the molecule is CN(C)c1cccc2c(S(=O)(=O)Oc3ccc4c(c3)CN(C(=O)c3ccc([N+](=O)[O-])cc3)[C@H](C(=O)O)C4)cccc12. The molecule has 11 nitrogen and oxygen atoms in total. The highest BCUT2D eigenvalue weighted by atomic mass is 32.2. The summed E-state index contributed by atoms with van der Waals surface area (Å²) in [5, 5.41) is 22.0. The summed E-state index contributed by atoms with van der Waals surface area (Å²) in [6.45, 7) is -0.125. The predicted molar refractivity (Wildman–Crippen MR) is 151 cm³/mol. The molecule has 4 aromatic carbocycles. The monoisotopic (exact) mass is 575 g/mol. The second-order valence-corrected chi connectivity index (χ2v) is 11.3. The number of carboxylic acid groups (broad SMARTS) is 1. The molecule has 41 heavy (non-hydrogen) atoms. The van der Waals surface area contributed by atoms with Gasteiger partial charge in [0, 0.05) is 61.2 Å². The molecule has 0 fully saturated rings. The maximum Gasteiger partial charge on any atom is 0.339 e. The predicted octanol–water partition coefficient (Wildman–Crippen LogP) is 4.23. The number of anilines is 1. The van der Waals surface area contributed by atoms with Gasteiger partial charge >= 0.3 is 16.1 Å². The van der Waals surface area contributed by atoms with Gasteiger partial charge in [0.25, 0.3) is 11.6 Å². The fourth-order valence-corrected chi connectivity index (χ4v) is 6.12. The van der Waals surface area contributed by atoms with E-state index in [2.05, 4.69) is 0 Å². The molecule has 5 rings (SSSR count). The van der Waals surface area contributed by atoms with Gasteiger partial charge in [-0.1, -0.05) is 30.3 Å². The number of hydrogen-bond acceptors (Lipinski definition) is 8. The summed E-state index contributed by atoms with van der Waals surface area (Å²) < 4.78 is 32.4. The molecule has 0 saturated heterocycles. The average Bonchev–Trinajstić information content (AvgIpc) is 2.95. The minimum Gasteiger partial charge on any atom is -0.480 e. The Morgan fingerprint density at radius 3 is 2.32 bits per heavy atom. The normalized spacial score (nSPS) is 14.8. The van der Waals surface area contributed by atoms with E-state index in [0.29, 0.717) is 16.5 Å². The first kappa shape index (κ1) is 27.6. The van der Waals surface area contributed by atoms with Crippen molar-refractivity contribution in [2.45, 2.75) is 23.9 Å². The van der Waals surface area contributed by atoms with Crippen LogP contribution < -0.4 is 9.08 Å². The lowest BCUT2D eigenvalue weighted by Gasteiger charge is -2.34. The number of carbonyl (C=O) groups excluding carboxylic acids is 1. The Labute approximate surface area is 235 Å². The lowest BCUT2D eigenvalue weighted by atomic mass is 9.93. The van der Waals surface area contributed by atoms with E-state index in [-0.39, 0.29) is 34.9 Å². The molecular formula is C29H25N3O8S. The highest BCUT2D eigenvalue weighted by Crippen LogP contribution is 2.33. The van der Waals surface area contributed by atoms with Crippen molar-refractivity contribution >= 4 is 44.1 Å². The van der Waals surface area contributed by atoms with E-state index >= 15 is 0 Å². The Morgan fingerprint density at radius 1 is 0.976 bits per heavy atom. The smallest absolute Gasteiger partial charge is 0.339 e. The number of non-ortho nitro benzene ring substituents is 1. The van der Waals surface area contributed by atoms with Gasteiger partial charge in [-0.2, -0.15) is 8.42 Å².